The number of carbonyl (C=O) groups is 2. The third kappa shape index (κ3) is 3.61. The SMILES string of the molecule is Cc1noc(C)c1CN(C)C(=O)C1CCCCN1C(=O)c1cccs1. The molecular formula is C18H23N3O3S. The number of aryl methyl sites for hydroxylation is 2. The van der Waals surface area contributed by atoms with Crippen LogP contribution in [0.2, 0.25) is 0 Å². The zero-order chi connectivity index (χ0) is 18.0. The van der Waals surface area contributed by atoms with Crippen molar-refractivity contribution in [3.05, 3.63) is 39.4 Å². The van der Waals surface area contributed by atoms with Gasteiger partial charge in [0, 0.05) is 19.2 Å². The average Bonchev–Trinajstić information content (AvgIpc) is 3.26. The molecule has 0 aliphatic carbocycles. The predicted molar refractivity (Wildman–Crippen MR) is 95.4 cm³/mol. The Kier molecular flexibility index (Phi) is 5.22. The van der Waals surface area contributed by atoms with Crippen LogP contribution >= 0.6 is 11.3 Å². The third-order valence-corrected chi connectivity index (χ3v) is 5.59. The first-order chi connectivity index (χ1) is 12.0. The molecule has 134 valence electrons. The van der Waals surface area contributed by atoms with Gasteiger partial charge in [-0.2, -0.15) is 0 Å². The minimum Gasteiger partial charge on any atom is -0.361 e. The van der Waals surface area contributed by atoms with E-state index in [9.17, 15) is 9.59 Å². The Morgan fingerprint density at radius 3 is 2.84 bits per heavy atom. The van der Waals surface area contributed by atoms with Gasteiger partial charge in [0.2, 0.25) is 5.91 Å². The molecule has 0 saturated carbocycles. The minimum atomic E-state index is -0.395. The monoisotopic (exact) mass is 361 g/mol. The molecule has 0 bridgehead atoms. The molecule has 0 N–H and O–H groups in total. The van der Waals surface area contributed by atoms with Gasteiger partial charge >= 0.3 is 0 Å². The minimum absolute atomic E-state index is 0.0235. The quantitative estimate of drug-likeness (QED) is 0.840. The summed E-state index contributed by atoms with van der Waals surface area (Å²) in [7, 11) is 1.77. The maximum absolute atomic E-state index is 13.0. The van der Waals surface area contributed by atoms with E-state index in [1.54, 1.807) is 16.8 Å². The summed E-state index contributed by atoms with van der Waals surface area (Å²) in [6.07, 6.45) is 2.61. The fraction of sp³-hybridized carbons (Fsp3) is 0.500. The lowest BCUT2D eigenvalue weighted by Crippen LogP contribution is -2.52. The molecule has 0 spiro atoms. The van der Waals surface area contributed by atoms with E-state index in [1.165, 1.54) is 11.3 Å². The highest BCUT2D eigenvalue weighted by Crippen LogP contribution is 2.24. The van der Waals surface area contributed by atoms with E-state index in [0.717, 1.165) is 29.9 Å². The van der Waals surface area contributed by atoms with Crippen LogP contribution in [-0.2, 0) is 11.3 Å². The number of rotatable bonds is 4. The molecule has 1 unspecified atom stereocenters. The van der Waals surface area contributed by atoms with Gasteiger partial charge in [0.1, 0.15) is 11.8 Å². The zero-order valence-electron chi connectivity index (χ0n) is 14.8. The van der Waals surface area contributed by atoms with E-state index in [2.05, 4.69) is 5.16 Å². The summed E-state index contributed by atoms with van der Waals surface area (Å²) in [6.45, 7) is 4.79. The van der Waals surface area contributed by atoms with Crippen LogP contribution in [0.4, 0.5) is 0 Å². The molecule has 6 nitrogen and oxygen atoms in total. The third-order valence-electron chi connectivity index (χ3n) is 4.73. The van der Waals surface area contributed by atoms with Crippen LogP contribution < -0.4 is 0 Å². The molecule has 3 rings (SSSR count). The van der Waals surface area contributed by atoms with Gasteiger partial charge < -0.3 is 14.3 Å². The molecule has 0 radical (unpaired) electrons. The van der Waals surface area contributed by atoms with Crippen molar-refractivity contribution in [3.8, 4) is 0 Å². The van der Waals surface area contributed by atoms with Crippen molar-refractivity contribution >= 4 is 23.2 Å². The first-order valence-corrected chi connectivity index (χ1v) is 9.38. The lowest BCUT2D eigenvalue weighted by molar-refractivity contribution is -0.136. The summed E-state index contributed by atoms with van der Waals surface area (Å²) in [4.78, 5) is 29.9. The van der Waals surface area contributed by atoms with Crippen LogP contribution in [0.1, 0.15) is 46.0 Å². The second kappa shape index (κ2) is 7.39. The summed E-state index contributed by atoms with van der Waals surface area (Å²) in [5.41, 5.74) is 1.73. The van der Waals surface area contributed by atoms with Crippen molar-refractivity contribution in [3.63, 3.8) is 0 Å². The molecule has 1 fully saturated rings. The molecular weight excluding hydrogens is 338 g/mol. The standard InChI is InChI=1S/C18H23N3O3S/c1-12-14(13(2)24-19-12)11-20(3)17(22)15-7-4-5-9-21(15)18(23)16-8-6-10-25-16/h6,8,10,15H,4-5,7,9,11H2,1-3H3. The Morgan fingerprint density at radius 1 is 1.40 bits per heavy atom. The number of hydrogen-bond acceptors (Lipinski definition) is 5. The highest BCUT2D eigenvalue weighted by Gasteiger charge is 2.34. The number of thiophene rings is 1. The molecule has 1 saturated heterocycles. The fourth-order valence-electron chi connectivity index (χ4n) is 3.27. The normalized spacial score (nSPS) is 17.6. The number of nitrogens with zero attached hydrogens (tertiary/aromatic N) is 3. The highest BCUT2D eigenvalue weighted by molar-refractivity contribution is 7.12. The number of likely N-dealkylation sites (N-methyl/N-ethyl adjacent to an activating group) is 1. The highest BCUT2D eigenvalue weighted by atomic mass is 32.1. The van der Waals surface area contributed by atoms with Gasteiger partial charge in [0.15, 0.2) is 0 Å². The molecule has 25 heavy (non-hydrogen) atoms. The summed E-state index contributed by atoms with van der Waals surface area (Å²) in [5, 5.41) is 5.83. The van der Waals surface area contributed by atoms with Gasteiger partial charge in [0.05, 0.1) is 17.1 Å². The number of likely N-dealkylation sites (tertiary alicyclic amines) is 1. The molecule has 0 aromatic carbocycles. The van der Waals surface area contributed by atoms with E-state index in [1.807, 2.05) is 31.4 Å². The van der Waals surface area contributed by atoms with Crippen molar-refractivity contribution in [2.45, 2.75) is 45.7 Å². The molecule has 3 heterocycles. The molecule has 1 aliphatic rings. The van der Waals surface area contributed by atoms with Crippen LogP contribution in [0.15, 0.2) is 22.0 Å². The van der Waals surface area contributed by atoms with E-state index in [-0.39, 0.29) is 11.8 Å². The van der Waals surface area contributed by atoms with Crippen LogP contribution in [0, 0.1) is 13.8 Å². The Labute approximate surface area is 151 Å². The zero-order valence-corrected chi connectivity index (χ0v) is 15.6. The van der Waals surface area contributed by atoms with Crippen LogP contribution in [-0.4, -0.2) is 46.4 Å². The number of carbonyl (C=O) groups excluding carboxylic acids is 2. The van der Waals surface area contributed by atoms with Gasteiger partial charge in [-0.1, -0.05) is 11.2 Å². The summed E-state index contributed by atoms with van der Waals surface area (Å²) < 4.78 is 5.18. The van der Waals surface area contributed by atoms with Crippen LogP contribution in [0.25, 0.3) is 0 Å². The molecule has 2 aromatic heterocycles. The van der Waals surface area contributed by atoms with Crippen LogP contribution in [0.5, 0.6) is 0 Å². The molecule has 1 aliphatic heterocycles. The molecule has 2 aromatic rings. The Morgan fingerprint density at radius 2 is 2.20 bits per heavy atom. The second-order valence-corrected chi connectivity index (χ2v) is 7.43. The van der Waals surface area contributed by atoms with Gasteiger partial charge in [-0.25, -0.2) is 0 Å². The Balaban J connectivity index is 1.75. The summed E-state index contributed by atoms with van der Waals surface area (Å²) in [5.74, 6) is 0.663. The van der Waals surface area contributed by atoms with Crippen molar-refractivity contribution in [1.29, 1.82) is 0 Å². The van der Waals surface area contributed by atoms with Crippen LogP contribution in [0.3, 0.4) is 0 Å². The van der Waals surface area contributed by atoms with E-state index >= 15 is 0 Å². The lowest BCUT2D eigenvalue weighted by atomic mass is 10.00. The van der Waals surface area contributed by atoms with E-state index in [4.69, 9.17) is 4.52 Å². The number of hydrogen-bond donors (Lipinski definition) is 0. The second-order valence-electron chi connectivity index (χ2n) is 6.48. The maximum Gasteiger partial charge on any atom is 0.264 e. The van der Waals surface area contributed by atoms with Gasteiger partial charge in [-0.15, -0.1) is 11.3 Å². The number of aromatic nitrogens is 1. The first-order valence-electron chi connectivity index (χ1n) is 8.50. The van der Waals surface area contributed by atoms with Gasteiger partial charge in [0.25, 0.3) is 5.91 Å². The molecule has 1 atom stereocenters. The van der Waals surface area contributed by atoms with Crippen molar-refractivity contribution < 1.29 is 14.1 Å². The van der Waals surface area contributed by atoms with E-state index in [0.29, 0.717) is 24.4 Å². The topological polar surface area (TPSA) is 66.7 Å². The summed E-state index contributed by atoms with van der Waals surface area (Å²) >= 11 is 1.42. The molecule has 7 heteroatoms. The van der Waals surface area contributed by atoms with Gasteiger partial charge in [-0.05, 0) is 44.6 Å². The number of amides is 2. The van der Waals surface area contributed by atoms with Crippen molar-refractivity contribution in [2.75, 3.05) is 13.6 Å². The Bertz CT molecular complexity index is 734. The van der Waals surface area contributed by atoms with Gasteiger partial charge in [-0.3, -0.25) is 9.59 Å². The fourth-order valence-corrected chi connectivity index (χ4v) is 3.95. The number of piperidine rings is 1. The Hall–Kier alpha value is -2.15. The lowest BCUT2D eigenvalue weighted by Gasteiger charge is -2.36. The smallest absolute Gasteiger partial charge is 0.264 e. The predicted octanol–water partition coefficient (Wildman–Crippen LogP) is 3.01. The maximum atomic E-state index is 13.0. The average molecular weight is 361 g/mol. The molecule has 2 amide bonds. The van der Waals surface area contributed by atoms with E-state index < -0.39 is 6.04 Å². The largest absolute Gasteiger partial charge is 0.361 e. The van der Waals surface area contributed by atoms with Crippen molar-refractivity contribution in [1.82, 2.24) is 15.0 Å². The summed E-state index contributed by atoms with van der Waals surface area (Å²) in [6, 6.07) is 3.28. The van der Waals surface area contributed by atoms with Crippen molar-refractivity contribution in [2.24, 2.45) is 0 Å². The first kappa shape index (κ1) is 17.7.